The Hall–Kier alpha value is -0.860. The second-order valence-electron chi connectivity index (χ2n) is 15.3. The van der Waals surface area contributed by atoms with Crippen LogP contribution >= 0.6 is 0 Å². The molecule has 2 bridgehead atoms. The maximum atomic E-state index is 13.3. The molecule has 0 N–H and O–H groups in total. The largest absolute Gasteiger partial charge is 0.461 e. The lowest BCUT2D eigenvalue weighted by atomic mass is 9.31. The molecule has 5 aliphatic carbocycles. The van der Waals surface area contributed by atoms with Crippen molar-refractivity contribution < 1.29 is 14.3 Å². The predicted molar refractivity (Wildman–Crippen MR) is 129 cm³/mol. The van der Waals surface area contributed by atoms with Crippen LogP contribution in [0, 0.1) is 56.2 Å². The first kappa shape index (κ1) is 22.6. The number of hydrogen-bond donors (Lipinski definition) is 0. The van der Waals surface area contributed by atoms with Gasteiger partial charge in [-0.1, -0.05) is 48.5 Å². The first-order valence-corrected chi connectivity index (χ1v) is 14.0. The fourth-order valence-electron chi connectivity index (χ4n) is 11.6. The van der Waals surface area contributed by atoms with Crippen LogP contribution in [-0.2, 0) is 14.3 Å². The van der Waals surface area contributed by atoms with Crippen molar-refractivity contribution in [1.29, 1.82) is 0 Å². The second-order valence-corrected chi connectivity index (χ2v) is 15.3. The molecular weight excluding hydrogens is 408 g/mol. The van der Waals surface area contributed by atoms with Crippen molar-refractivity contribution >= 4 is 11.8 Å². The van der Waals surface area contributed by atoms with E-state index in [-0.39, 0.29) is 44.6 Å². The van der Waals surface area contributed by atoms with E-state index in [0.29, 0.717) is 29.5 Å². The monoisotopic (exact) mass is 454 g/mol. The molecule has 1 aliphatic heterocycles. The summed E-state index contributed by atoms with van der Waals surface area (Å²) in [6, 6.07) is 0. The maximum Gasteiger partial charge on any atom is 0.312 e. The Kier molecular flexibility index (Phi) is 4.30. The van der Waals surface area contributed by atoms with Gasteiger partial charge in [0.2, 0.25) is 0 Å². The van der Waals surface area contributed by atoms with Crippen molar-refractivity contribution in [3.05, 3.63) is 0 Å². The lowest BCUT2D eigenvalue weighted by Gasteiger charge is -2.72. The SMILES string of the molecule is CC1(C)CC[C@]23CC[C@]4(C)[C@H](CC[C@@H]5[C@@]6(C)CCC(=O)C(C)(C)[C@H]6CC[C@]54C)[C@H]2[C@H]1OC3=O. The summed E-state index contributed by atoms with van der Waals surface area (Å²) in [6.45, 7) is 17.0. The molecule has 6 rings (SSSR count). The summed E-state index contributed by atoms with van der Waals surface area (Å²) in [5.74, 6) is 2.80. The van der Waals surface area contributed by atoms with Crippen LogP contribution in [0.3, 0.4) is 0 Å². The second kappa shape index (κ2) is 6.28. The average molecular weight is 455 g/mol. The minimum absolute atomic E-state index is 0.0910. The van der Waals surface area contributed by atoms with Gasteiger partial charge in [0.05, 0.1) is 5.41 Å². The molecule has 0 amide bonds. The first-order chi connectivity index (χ1) is 15.2. The lowest BCUT2D eigenvalue weighted by Crippen LogP contribution is -2.67. The highest BCUT2D eigenvalue weighted by atomic mass is 16.6. The summed E-state index contributed by atoms with van der Waals surface area (Å²) >= 11 is 0. The van der Waals surface area contributed by atoms with Crippen molar-refractivity contribution in [3.8, 4) is 0 Å². The Labute approximate surface area is 201 Å². The zero-order chi connectivity index (χ0) is 23.8. The van der Waals surface area contributed by atoms with E-state index < -0.39 is 0 Å². The fraction of sp³-hybridized carbons (Fsp3) is 0.933. The predicted octanol–water partition coefficient (Wildman–Crippen LogP) is 6.97. The molecule has 1 saturated heterocycles. The average Bonchev–Trinajstić information content (AvgIpc) is 2.99. The molecule has 3 heteroatoms. The third-order valence-corrected chi connectivity index (χ3v) is 13.8. The lowest BCUT2D eigenvalue weighted by molar-refractivity contribution is -0.239. The van der Waals surface area contributed by atoms with Gasteiger partial charge in [0.1, 0.15) is 11.9 Å². The highest BCUT2D eigenvalue weighted by molar-refractivity contribution is 5.85. The van der Waals surface area contributed by atoms with Gasteiger partial charge in [-0.15, -0.1) is 0 Å². The van der Waals surface area contributed by atoms with Crippen LogP contribution in [-0.4, -0.2) is 17.9 Å². The molecule has 5 saturated carbocycles. The third-order valence-electron chi connectivity index (χ3n) is 13.8. The van der Waals surface area contributed by atoms with E-state index in [0.717, 1.165) is 32.1 Å². The first-order valence-electron chi connectivity index (χ1n) is 14.0. The summed E-state index contributed by atoms with van der Waals surface area (Å²) in [5, 5.41) is 0. The van der Waals surface area contributed by atoms with Crippen LogP contribution in [0.2, 0.25) is 0 Å². The van der Waals surface area contributed by atoms with E-state index in [9.17, 15) is 9.59 Å². The van der Waals surface area contributed by atoms with Gasteiger partial charge in [-0.3, -0.25) is 9.59 Å². The number of carbonyl (C=O) groups is 2. The van der Waals surface area contributed by atoms with Gasteiger partial charge in [0.15, 0.2) is 0 Å². The molecule has 184 valence electrons. The summed E-state index contributed by atoms with van der Waals surface area (Å²) in [6.07, 6.45) is 11.2. The number of ketones is 1. The van der Waals surface area contributed by atoms with Crippen molar-refractivity contribution in [1.82, 2.24) is 0 Å². The van der Waals surface area contributed by atoms with Crippen molar-refractivity contribution in [2.75, 3.05) is 0 Å². The quantitative estimate of drug-likeness (QED) is 0.371. The Morgan fingerprint density at radius 3 is 2.15 bits per heavy atom. The molecule has 0 aromatic rings. The summed E-state index contributed by atoms with van der Waals surface area (Å²) in [7, 11) is 0. The van der Waals surface area contributed by atoms with E-state index >= 15 is 0 Å². The highest BCUT2D eigenvalue weighted by Crippen LogP contribution is 2.77. The minimum atomic E-state index is -0.200. The maximum absolute atomic E-state index is 13.3. The third kappa shape index (κ3) is 2.39. The van der Waals surface area contributed by atoms with Crippen LogP contribution in [0.1, 0.15) is 113 Å². The number of esters is 1. The fourth-order valence-corrected chi connectivity index (χ4v) is 11.6. The van der Waals surface area contributed by atoms with E-state index in [1.54, 1.807) is 0 Å². The number of hydrogen-bond acceptors (Lipinski definition) is 3. The van der Waals surface area contributed by atoms with Gasteiger partial charge in [-0.25, -0.2) is 0 Å². The molecule has 3 nitrogen and oxygen atoms in total. The molecule has 1 heterocycles. The van der Waals surface area contributed by atoms with Crippen molar-refractivity contribution in [2.45, 2.75) is 119 Å². The van der Waals surface area contributed by atoms with Gasteiger partial charge in [-0.05, 0) is 91.8 Å². The number of Topliss-reactive ketones (excluding diaryl/α,β-unsaturated/α-hetero) is 1. The van der Waals surface area contributed by atoms with Gasteiger partial charge in [-0.2, -0.15) is 0 Å². The molecular formula is C30H46O3. The molecule has 6 aliphatic rings. The normalized spacial score (nSPS) is 56.2. The summed E-state index contributed by atoms with van der Waals surface area (Å²) in [4.78, 5) is 26.3. The zero-order valence-corrected chi connectivity index (χ0v) is 22.2. The van der Waals surface area contributed by atoms with Crippen LogP contribution in [0.15, 0.2) is 0 Å². The molecule has 0 spiro atoms. The smallest absolute Gasteiger partial charge is 0.312 e. The molecule has 9 atom stereocenters. The molecule has 0 unspecified atom stereocenters. The van der Waals surface area contributed by atoms with Gasteiger partial charge in [0, 0.05) is 23.2 Å². The van der Waals surface area contributed by atoms with Crippen molar-refractivity contribution in [2.24, 2.45) is 56.2 Å². The Morgan fingerprint density at radius 2 is 1.42 bits per heavy atom. The zero-order valence-electron chi connectivity index (χ0n) is 22.2. The van der Waals surface area contributed by atoms with Gasteiger partial charge < -0.3 is 4.74 Å². The standard InChI is InChI=1S/C30H46O3/c1-25(2)14-16-30-17-15-28(6)18(22(30)23(25)33-24(30)32)8-9-20-27(5)12-11-21(31)26(3,4)19(27)10-13-29(20,28)7/h18-20,22-23H,8-17H2,1-7H3/t18-,19-,20-,22+,23-,27+,28-,29-,30+/m1/s1. The molecule has 0 aromatic carbocycles. The Morgan fingerprint density at radius 1 is 0.727 bits per heavy atom. The van der Waals surface area contributed by atoms with Crippen LogP contribution in [0.4, 0.5) is 0 Å². The van der Waals surface area contributed by atoms with E-state index in [1.807, 2.05) is 0 Å². The van der Waals surface area contributed by atoms with Gasteiger partial charge >= 0.3 is 5.97 Å². The summed E-state index contributed by atoms with van der Waals surface area (Å²) < 4.78 is 6.27. The molecule has 6 fully saturated rings. The molecule has 0 aromatic heterocycles. The van der Waals surface area contributed by atoms with Crippen LogP contribution < -0.4 is 0 Å². The van der Waals surface area contributed by atoms with E-state index in [2.05, 4.69) is 48.5 Å². The Bertz CT molecular complexity index is 918. The number of carbonyl (C=O) groups excluding carboxylic acids is 2. The Balaban J connectivity index is 1.42. The van der Waals surface area contributed by atoms with Crippen LogP contribution in [0.5, 0.6) is 0 Å². The minimum Gasteiger partial charge on any atom is -0.461 e. The van der Waals surface area contributed by atoms with Crippen molar-refractivity contribution in [3.63, 3.8) is 0 Å². The van der Waals surface area contributed by atoms with E-state index in [1.165, 1.54) is 32.1 Å². The van der Waals surface area contributed by atoms with Gasteiger partial charge in [0.25, 0.3) is 0 Å². The van der Waals surface area contributed by atoms with Crippen LogP contribution in [0.25, 0.3) is 0 Å². The number of fused-ring (bicyclic) bond motifs is 5. The number of ether oxygens (including phenoxy) is 1. The highest BCUT2D eigenvalue weighted by Gasteiger charge is 2.75. The molecule has 33 heavy (non-hydrogen) atoms. The summed E-state index contributed by atoms with van der Waals surface area (Å²) in [5.41, 5.74) is 0.494. The van der Waals surface area contributed by atoms with E-state index in [4.69, 9.17) is 4.74 Å². The topological polar surface area (TPSA) is 43.4 Å². The molecule has 0 radical (unpaired) electrons. The number of rotatable bonds is 0.